The van der Waals surface area contributed by atoms with Gasteiger partial charge in [0.2, 0.25) is 5.91 Å². The highest BCUT2D eigenvalue weighted by molar-refractivity contribution is 7.80. The van der Waals surface area contributed by atoms with Gasteiger partial charge in [-0.05, 0) is 30.6 Å². The van der Waals surface area contributed by atoms with Gasteiger partial charge in [-0.3, -0.25) is 4.79 Å². The van der Waals surface area contributed by atoms with Gasteiger partial charge < -0.3 is 24.9 Å². The van der Waals surface area contributed by atoms with E-state index in [9.17, 15) is 19.2 Å². The lowest BCUT2D eigenvalue weighted by atomic mass is 10.1. The number of benzene rings is 1. The number of alkyl carbamates (subject to hydrolysis) is 1. The Balaban J connectivity index is 2.62. The van der Waals surface area contributed by atoms with E-state index in [4.69, 9.17) is 4.74 Å². The summed E-state index contributed by atoms with van der Waals surface area (Å²) in [5.74, 6) is -0.826. The van der Waals surface area contributed by atoms with Gasteiger partial charge in [0.1, 0.15) is 25.0 Å². The standard InChI is InChI=1S/C19H26N2O6S/c1-26-18(24)16(9-5-6-11-22)20-17(23)15(10-12-28)21-19(25)27-13-14-7-3-2-4-8-14/h2-4,7-8,11,15-16,28H,5-6,9-10,12-13H2,1H3,(H,20,23)(H,21,25). The third-order valence-electron chi connectivity index (χ3n) is 3.86. The maximum absolute atomic E-state index is 12.5. The molecule has 8 nitrogen and oxygen atoms in total. The molecule has 1 rings (SSSR count). The highest BCUT2D eigenvalue weighted by Crippen LogP contribution is 2.05. The van der Waals surface area contributed by atoms with Crippen LogP contribution in [0.25, 0.3) is 0 Å². The molecule has 0 aromatic heterocycles. The molecule has 0 bridgehead atoms. The van der Waals surface area contributed by atoms with Crippen LogP contribution in [0.2, 0.25) is 0 Å². The van der Waals surface area contributed by atoms with Crippen molar-refractivity contribution in [3.8, 4) is 0 Å². The predicted molar refractivity (Wildman–Crippen MR) is 106 cm³/mol. The fourth-order valence-electron chi connectivity index (χ4n) is 2.37. The van der Waals surface area contributed by atoms with Crippen LogP contribution in [0.5, 0.6) is 0 Å². The molecule has 0 spiro atoms. The zero-order valence-electron chi connectivity index (χ0n) is 15.8. The van der Waals surface area contributed by atoms with E-state index in [-0.39, 0.29) is 25.9 Å². The minimum atomic E-state index is -0.918. The molecule has 2 atom stereocenters. The van der Waals surface area contributed by atoms with Crippen molar-refractivity contribution in [3.63, 3.8) is 0 Å². The minimum absolute atomic E-state index is 0.0678. The number of hydrogen-bond donors (Lipinski definition) is 3. The van der Waals surface area contributed by atoms with Crippen molar-refractivity contribution in [2.75, 3.05) is 12.9 Å². The summed E-state index contributed by atoms with van der Waals surface area (Å²) >= 11 is 4.10. The average Bonchev–Trinajstić information content (AvgIpc) is 2.71. The molecule has 0 aliphatic rings. The van der Waals surface area contributed by atoms with Crippen LogP contribution in [-0.4, -0.2) is 49.2 Å². The maximum atomic E-state index is 12.5. The van der Waals surface area contributed by atoms with Crippen LogP contribution in [0.4, 0.5) is 4.79 Å². The van der Waals surface area contributed by atoms with Gasteiger partial charge in [-0.25, -0.2) is 9.59 Å². The molecule has 0 saturated carbocycles. The average molecular weight is 410 g/mol. The quantitative estimate of drug-likeness (QED) is 0.209. The number of hydrogen-bond acceptors (Lipinski definition) is 7. The van der Waals surface area contributed by atoms with E-state index in [0.29, 0.717) is 12.2 Å². The minimum Gasteiger partial charge on any atom is -0.467 e. The number of carbonyl (C=O) groups is 4. The highest BCUT2D eigenvalue weighted by atomic mass is 32.1. The zero-order valence-corrected chi connectivity index (χ0v) is 16.7. The normalized spacial score (nSPS) is 12.4. The van der Waals surface area contributed by atoms with Crippen molar-refractivity contribution in [2.24, 2.45) is 0 Å². The third-order valence-corrected chi connectivity index (χ3v) is 4.11. The number of rotatable bonds is 12. The van der Waals surface area contributed by atoms with E-state index in [2.05, 4.69) is 28.0 Å². The van der Waals surface area contributed by atoms with E-state index in [1.165, 1.54) is 7.11 Å². The Morgan fingerprint density at radius 3 is 2.43 bits per heavy atom. The molecule has 0 radical (unpaired) electrons. The molecule has 1 aromatic rings. The molecule has 154 valence electrons. The van der Waals surface area contributed by atoms with E-state index in [1.54, 1.807) is 0 Å². The third kappa shape index (κ3) is 8.90. The molecule has 2 unspecified atom stereocenters. The maximum Gasteiger partial charge on any atom is 0.408 e. The van der Waals surface area contributed by atoms with Crippen LogP contribution in [0.3, 0.4) is 0 Å². The Morgan fingerprint density at radius 2 is 1.82 bits per heavy atom. The molecule has 0 saturated heterocycles. The number of esters is 1. The van der Waals surface area contributed by atoms with Crippen molar-refractivity contribution in [1.29, 1.82) is 0 Å². The Labute approximate surface area is 169 Å². The summed E-state index contributed by atoms with van der Waals surface area (Å²) in [6.07, 6.45) is 1.19. The van der Waals surface area contributed by atoms with Gasteiger partial charge in [0, 0.05) is 6.42 Å². The van der Waals surface area contributed by atoms with Crippen LogP contribution in [-0.2, 0) is 30.5 Å². The van der Waals surface area contributed by atoms with Crippen LogP contribution >= 0.6 is 12.6 Å². The summed E-state index contributed by atoms with van der Waals surface area (Å²) in [5, 5.41) is 5.04. The topological polar surface area (TPSA) is 111 Å². The van der Waals surface area contributed by atoms with E-state index in [0.717, 1.165) is 11.8 Å². The van der Waals surface area contributed by atoms with Crippen molar-refractivity contribution >= 4 is 36.9 Å². The molecule has 9 heteroatoms. The number of amides is 2. The monoisotopic (exact) mass is 410 g/mol. The van der Waals surface area contributed by atoms with Crippen LogP contribution in [0.1, 0.15) is 31.2 Å². The van der Waals surface area contributed by atoms with Gasteiger partial charge in [0.25, 0.3) is 0 Å². The first-order valence-electron chi connectivity index (χ1n) is 8.91. The fourth-order valence-corrected chi connectivity index (χ4v) is 2.63. The molecular formula is C19H26N2O6S. The van der Waals surface area contributed by atoms with Gasteiger partial charge in [0.15, 0.2) is 0 Å². The first-order chi connectivity index (χ1) is 13.5. The first kappa shape index (κ1) is 23.5. The largest absolute Gasteiger partial charge is 0.467 e. The van der Waals surface area contributed by atoms with Crippen molar-refractivity contribution in [3.05, 3.63) is 35.9 Å². The summed E-state index contributed by atoms with van der Waals surface area (Å²) in [7, 11) is 1.21. The van der Waals surface area contributed by atoms with Gasteiger partial charge in [0.05, 0.1) is 7.11 Å². The molecule has 2 N–H and O–H groups in total. The number of ether oxygens (including phenoxy) is 2. The highest BCUT2D eigenvalue weighted by Gasteiger charge is 2.27. The number of thiol groups is 1. The molecule has 1 aromatic carbocycles. The van der Waals surface area contributed by atoms with Gasteiger partial charge in [-0.15, -0.1) is 0 Å². The molecule has 0 fully saturated rings. The molecule has 0 heterocycles. The number of methoxy groups -OCH3 is 1. The van der Waals surface area contributed by atoms with Gasteiger partial charge in [-0.2, -0.15) is 12.6 Å². The number of carbonyl (C=O) groups excluding carboxylic acids is 4. The Kier molecular flexibility index (Phi) is 11.4. The summed E-state index contributed by atoms with van der Waals surface area (Å²) < 4.78 is 9.81. The molecule has 0 aliphatic heterocycles. The number of aldehydes is 1. The second-order valence-corrected chi connectivity index (χ2v) is 6.40. The lowest BCUT2D eigenvalue weighted by molar-refractivity contribution is -0.145. The Morgan fingerprint density at radius 1 is 1.11 bits per heavy atom. The Bertz CT molecular complexity index is 641. The van der Waals surface area contributed by atoms with Crippen molar-refractivity contribution in [2.45, 2.75) is 44.4 Å². The lowest BCUT2D eigenvalue weighted by Gasteiger charge is -2.21. The zero-order chi connectivity index (χ0) is 20.8. The smallest absolute Gasteiger partial charge is 0.408 e. The molecular weight excluding hydrogens is 384 g/mol. The summed E-state index contributed by atoms with van der Waals surface area (Å²) in [6.45, 7) is 0.0678. The fraction of sp³-hybridized carbons (Fsp3) is 0.474. The van der Waals surface area contributed by atoms with Gasteiger partial charge in [-0.1, -0.05) is 30.3 Å². The predicted octanol–water partition coefficient (Wildman–Crippen LogP) is 1.63. The van der Waals surface area contributed by atoms with Gasteiger partial charge >= 0.3 is 12.1 Å². The first-order valence-corrected chi connectivity index (χ1v) is 9.55. The van der Waals surface area contributed by atoms with Crippen molar-refractivity contribution in [1.82, 2.24) is 10.6 Å². The molecule has 28 heavy (non-hydrogen) atoms. The second-order valence-electron chi connectivity index (χ2n) is 5.95. The summed E-state index contributed by atoms with van der Waals surface area (Å²) in [5.41, 5.74) is 0.814. The number of nitrogens with one attached hydrogen (secondary N) is 2. The number of unbranched alkanes of at least 4 members (excludes halogenated alkanes) is 1. The summed E-state index contributed by atoms with van der Waals surface area (Å²) in [4.78, 5) is 46.8. The second kappa shape index (κ2) is 13.6. The molecule has 0 aliphatic carbocycles. The van der Waals surface area contributed by atoms with Crippen LogP contribution in [0.15, 0.2) is 30.3 Å². The lowest BCUT2D eigenvalue weighted by Crippen LogP contribution is -2.52. The van der Waals surface area contributed by atoms with Crippen molar-refractivity contribution < 1.29 is 28.7 Å². The summed E-state index contributed by atoms with van der Waals surface area (Å²) in [6, 6.07) is 7.30. The SMILES string of the molecule is COC(=O)C(CCCC=O)NC(=O)C(CCS)NC(=O)OCc1ccccc1. The van der Waals surface area contributed by atoms with E-state index in [1.807, 2.05) is 30.3 Å². The van der Waals surface area contributed by atoms with Crippen LogP contribution < -0.4 is 10.6 Å². The van der Waals surface area contributed by atoms with E-state index < -0.39 is 30.1 Å². The van der Waals surface area contributed by atoms with Crippen LogP contribution in [0, 0.1) is 0 Å². The molecule has 2 amide bonds. The Hall–Kier alpha value is -2.55. The van der Waals surface area contributed by atoms with E-state index >= 15 is 0 Å².